The average molecular weight is 350 g/mol. The van der Waals surface area contributed by atoms with Crippen LogP contribution >= 0.6 is 0 Å². The number of hydrogen-bond donors (Lipinski definition) is 1. The van der Waals surface area contributed by atoms with Crippen LogP contribution in [0.5, 0.6) is 0 Å². The van der Waals surface area contributed by atoms with Gasteiger partial charge in [-0.1, -0.05) is 18.2 Å². The van der Waals surface area contributed by atoms with Gasteiger partial charge in [-0.05, 0) is 44.4 Å². The Morgan fingerprint density at radius 3 is 2.65 bits per heavy atom. The summed E-state index contributed by atoms with van der Waals surface area (Å²) in [5, 5.41) is 3.57. The summed E-state index contributed by atoms with van der Waals surface area (Å²) in [4.78, 5) is 29.4. The Morgan fingerprint density at radius 1 is 1.23 bits per heavy atom. The number of carbonyl (C=O) groups is 1. The minimum absolute atomic E-state index is 0.00532. The topological polar surface area (TPSA) is 68.9 Å². The van der Waals surface area contributed by atoms with Gasteiger partial charge < -0.3 is 5.32 Å². The minimum Gasteiger partial charge on any atom is -0.353 e. The van der Waals surface area contributed by atoms with Gasteiger partial charge in [-0.3, -0.25) is 18.7 Å². The lowest BCUT2D eigenvalue weighted by Gasteiger charge is -2.09. The molecule has 2 heterocycles. The van der Waals surface area contributed by atoms with Crippen LogP contribution in [0.1, 0.15) is 30.5 Å². The van der Waals surface area contributed by atoms with Crippen LogP contribution in [0, 0.1) is 13.8 Å². The van der Waals surface area contributed by atoms with Gasteiger partial charge in [0.25, 0.3) is 5.56 Å². The van der Waals surface area contributed by atoms with Gasteiger partial charge in [0.1, 0.15) is 0 Å². The van der Waals surface area contributed by atoms with E-state index in [0.717, 1.165) is 29.8 Å². The van der Waals surface area contributed by atoms with E-state index in [-0.39, 0.29) is 11.5 Å². The lowest BCUT2D eigenvalue weighted by molar-refractivity contribution is -0.121. The highest BCUT2D eigenvalue weighted by atomic mass is 16.2. The summed E-state index contributed by atoms with van der Waals surface area (Å²) in [5.41, 5.74) is 3.48. The Labute approximate surface area is 151 Å². The molecule has 3 aromatic rings. The number of benzene rings is 1. The smallest absolute Gasteiger partial charge is 0.263 e. The second-order valence-electron chi connectivity index (χ2n) is 6.91. The molecule has 26 heavy (non-hydrogen) atoms. The van der Waals surface area contributed by atoms with Gasteiger partial charge in [-0.2, -0.15) is 0 Å². The van der Waals surface area contributed by atoms with Crippen molar-refractivity contribution < 1.29 is 4.79 Å². The van der Waals surface area contributed by atoms with E-state index in [1.54, 1.807) is 6.33 Å². The van der Waals surface area contributed by atoms with Crippen molar-refractivity contribution in [2.45, 2.75) is 45.7 Å². The van der Waals surface area contributed by atoms with E-state index < -0.39 is 0 Å². The number of rotatable bonds is 5. The molecule has 0 atom stereocenters. The van der Waals surface area contributed by atoms with Crippen molar-refractivity contribution in [3.05, 3.63) is 58.3 Å². The summed E-state index contributed by atoms with van der Waals surface area (Å²) >= 11 is 0. The molecule has 6 nitrogen and oxygen atoms in total. The monoisotopic (exact) mass is 350 g/mol. The van der Waals surface area contributed by atoms with Gasteiger partial charge in [0.15, 0.2) is 5.65 Å². The van der Waals surface area contributed by atoms with E-state index in [9.17, 15) is 9.59 Å². The first-order valence-electron chi connectivity index (χ1n) is 8.98. The zero-order valence-corrected chi connectivity index (χ0v) is 15.0. The first kappa shape index (κ1) is 16.6. The van der Waals surface area contributed by atoms with Gasteiger partial charge in [-0.15, -0.1) is 0 Å². The van der Waals surface area contributed by atoms with Gasteiger partial charge >= 0.3 is 0 Å². The number of amides is 1. The Hall–Kier alpha value is -2.89. The van der Waals surface area contributed by atoms with Crippen molar-refractivity contribution in [2.75, 3.05) is 0 Å². The first-order chi connectivity index (χ1) is 12.6. The third-order valence-electron chi connectivity index (χ3n) is 5.02. The fourth-order valence-electron chi connectivity index (χ4n) is 3.29. The van der Waals surface area contributed by atoms with E-state index in [4.69, 9.17) is 0 Å². The molecule has 1 amide bonds. The van der Waals surface area contributed by atoms with E-state index in [1.807, 2.05) is 48.7 Å². The minimum atomic E-state index is -0.0931. The Kier molecular flexibility index (Phi) is 4.11. The summed E-state index contributed by atoms with van der Waals surface area (Å²) in [6, 6.07) is 10.2. The van der Waals surface area contributed by atoms with Crippen molar-refractivity contribution in [3.8, 4) is 5.69 Å². The Morgan fingerprint density at radius 2 is 1.96 bits per heavy atom. The van der Waals surface area contributed by atoms with Gasteiger partial charge in [-0.25, -0.2) is 4.98 Å². The van der Waals surface area contributed by atoms with Crippen LogP contribution in [-0.4, -0.2) is 26.1 Å². The van der Waals surface area contributed by atoms with Crippen molar-refractivity contribution in [3.63, 3.8) is 0 Å². The molecule has 0 radical (unpaired) electrons. The molecule has 2 aromatic heterocycles. The molecular weight excluding hydrogens is 328 g/mol. The molecular formula is C20H22N4O2. The third kappa shape index (κ3) is 2.92. The number of carbonyl (C=O) groups excluding carboxylic acids is 1. The number of nitrogens with zero attached hydrogens (tertiary/aromatic N) is 3. The maximum Gasteiger partial charge on any atom is 0.263 e. The number of para-hydroxylation sites is 1. The van der Waals surface area contributed by atoms with Gasteiger partial charge in [0.05, 0.1) is 11.7 Å². The average Bonchev–Trinajstić information content (AvgIpc) is 3.41. The van der Waals surface area contributed by atoms with Crippen LogP contribution in [0.15, 0.2) is 41.5 Å². The zero-order chi connectivity index (χ0) is 18.3. The van der Waals surface area contributed by atoms with Crippen molar-refractivity contribution in [2.24, 2.45) is 0 Å². The highest BCUT2D eigenvalue weighted by Gasteiger charge is 2.23. The van der Waals surface area contributed by atoms with Crippen LogP contribution in [0.25, 0.3) is 16.7 Å². The molecule has 0 saturated heterocycles. The van der Waals surface area contributed by atoms with Crippen LogP contribution < -0.4 is 10.9 Å². The predicted molar refractivity (Wildman–Crippen MR) is 101 cm³/mol. The quantitative estimate of drug-likeness (QED) is 0.768. The number of aromatic nitrogens is 3. The summed E-state index contributed by atoms with van der Waals surface area (Å²) in [5.74, 6) is -0.00532. The predicted octanol–water partition coefficient (Wildman–Crippen LogP) is 2.47. The zero-order valence-electron chi connectivity index (χ0n) is 15.0. The van der Waals surface area contributed by atoms with Crippen LogP contribution in [0.2, 0.25) is 0 Å². The van der Waals surface area contributed by atoms with E-state index >= 15 is 0 Å². The Bertz CT molecular complexity index is 1030. The maximum atomic E-state index is 13.0. The second kappa shape index (κ2) is 6.44. The molecule has 6 heteroatoms. The molecule has 1 aliphatic rings. The lowest BCUT2D eigenvalue weighted by atomic mass is 10.2. The fraction of sp³-hybridized carbons (Fsp3) is 0.350. The molecule has 1 saturated carbocycles. The number of fused-ring (bicyclic) bond motifs is 1. The van der Waals surface area contributed by atoms with Crippen LogP contribution in [-0.2, 0) is 11.3 Å². The SMILES string of the molecule is Cc1c(C)n(-c2ccccc2)c2ncn(CCC(=O)NC3CC3)c(=O)c12. The molecule has 0 bridgehead atoms. The fourth-order valence-corrected chi connectivity index (χ4v) is 3.29. The number of aryl methyl sites for hydroxylation is 2. The standard InChI is InChI=1S/C20H22N4O2/c1-13-14(2)24(16-6-4-3-5-7-16)19-18(13)20(26)23(12-21-19)11-10-17(25)22-15-8-9-15/h3-7,12,15H,8-11H2,1-2H3,(H,22,25). The summed E-state index contributed by atoms with van der Waals surface area (Å²) in [6.07, 6.45) is 3.96. The molecule has 0 unspecified atom stereocenters. The largest absolute Gasteiger partial charge is 0.353 e. The maximum absolute atomic E-state index is 13.0. The summed E-state index contributed by atoms with van der Waals surface area (Å²) < 4.78 is 3.55. The molecule has 0 aliphatic heterocycles. The van der Waals surface area contributed by atoms with Crippen molar-refractivity contribution in [1.82, 2.24) is 19.4 Å². The molecule has 1 aliphatic carbocycles. The van der Waals surface area contributed by atoms with Crippen LogP contribution in [0.4, 0.5) is 0 Å². The molecule has 1 aromatic carbocycles. The van der Waals surface area contributed by atoms with E-state index in [0.29, 0.717) is 30.0 Å². The molecule has 134 valence electrons. The van der Waals surface area contributed by atoms with Gasteiger partial charge in [0.2, 0.25) is 5.91 Å². The summed E-state index contributed by atoms with van der Waals surface area (Å²) in [6.45, 7) is 4.29. The van der Waals surface area contributed by atoms with Crippen molar-refractivity contribution in [1.29, 1.82) is 0 Å². The molecule has 4 rings (SSSR count). The van der Waals surface area contributed by atoms with E-state index in [1.165, 1.54) is 4.57 Å². The second-order valence-corrected chi connectivity index (χ2v) is 6.91. The summed E-state index contributed by atoms with van der Waals surface area (Å²) in [7, 11) is 0. The normalized spacial score (nSPS) is 13.9. The Balaban J connectivity index is 1.70. The number of nitrogens with one attached hydrogen (secondary N) is 1. The lowest BCUT2D eigenvalue weighted by Crippen LogP contribution is -2.29. The molecule has 1 N–H and O–H groups in total. The highest BCUT2D eigenvalue weighted by Crippen LogP contribution is 2.24. The molecule has 0 spiro atoms. The number of hydrogen-bond acceptors (Lipinski definition) is 3. The van der Waals surface area contributed by atoms with Gasteiger partial charge in [0, 0.05) is 30.4 Å². The van der Waals surface area contributed by atoms with Crippen LogP contribution in [0.3, 0.4) is 0 Å². The molecule has 1 fully saturated rings. The highest BCUT2D eigenvalue weighted by molar-refractivity contribution is 5.83. The van der Waals surface area contributed by atoms with Crippen molar-refractivity contribution >= 4 is 16.9 Å². The first-order valence-corrected chi connectivity index (χ1v) is 8.98. The van der Waals surface area contributed by atoms with E-state index in [2.05, 4.69) is 10.3 Å². The third-order valence-corrected chi connectivity index (χ3v) is 5.02.